The van der Waals surface area contributed by atoms with Crippen LogP contribution >= 0.6 is 0 Å². The van der Waals surface area contributed by atoms with Crippen molar-refractivity contribution in [3.8, 4) is 0 Å². The molecule has 0 radical (unpaired) electrons. The van der Waals surface area contributed by atoms with E-state index in [1.807, 2.05) is 0 Å². The summed E-state index contributed by atoms with van der Waals surface area (Å²) in [7, 11) is 0. The predicted octanol–water partition coefficient (Wildman–Crippen LogP) is 2.77. The second-order valence-corrected chi connectivity index (χ2v) is 8.00. The molecule has 1 aromatic heterocycles. The Morgan fingerprint density at radius 3 is 2.33 bits per heavy atom. The minimum atomic E-state index is -1.29. The van der Waals surface area contributed by atoms with E-state index < -0.39 is 34.7 Å². The van der Waals surface area contributed by atoms with Crippen molar-refractivity contribution in [3.63, 3.8) is 0 Å². The Bertz CT molecular complexity index is 996. The van der Waals surface area contributed by atoms with Crippen LogP contribution in [-0.2, 0) is 11.3 Å². The Hall–Kier alpha value is -3.04. The monoisotopic (exact) mass is 424 g/mol. The second kappa shape index (κ2) is 8.37. The number of hydrogen-bond acceptors (Lipinski definition) is 5. The third-order valence-electron chi connectivity index (χ3n) is 4.56. The number of amides is 1. The number of halogens is 3. The van der Waals surface area contributed by atoms with Gasteiger partial charge >= 0.3 is 6.09 Å². The maximum absolute atomic E-state index is 13.9. The maximum Gasteiger partial charge on any atom is 0.410 e. The lowest BCUT2D eigenvalue weighted by Gasteiger charge is -2.35. The average molecular weight is 424 g/mol. The van der Waals surface area contributed by atoms with Gasteiger partial charge in [0.15, 0.2) is 17.5 Å². The van der Waals surface area contributed by atoms with Gasteiger partial charge in [-0.25, -0.2) is 22.9 Å². The Kier molecular flexibility index (Phi) is 6.04. The topological polar surface area (TPSA) is 67.7 Å². The molecule has 3 rings (SSSR count). The van der Waals surface area contributed by atoms with Crippen LogP contribution in [0.3, 0.4) is 0 Å². The van der Waals surface area contributed by atoms with Crippen molar-refractivity contribution < 1.29 is 22.7 Å². The van der Waals surface area contributed by atoms with Gasteiger partial charge in [0, 0.05) is 50.2 Å². The SMILES string of the molecule is CC(C)(C)OC(=O)N1CCN(c2nccn(Cc3cc(F)c(F)cc3F)c2=O)CC1. The normalized spacial score (nSPS) is 14.7. The zero-order valence-corrected chi connectivity index (χ0v) is 17.0. The molecular weight excluding hydrogens is 401 g/mol. The summed E-state index contributed by atoms with van der Waals surface area (Å²) in [6.45, 7) is 6.52. The molecule has 30 heavy (non-hydrogen) atoms. The van der Waals surface area contributed by atoms with Crippen LogP contribution in [0.15, 0.2) is 29.3 Å². The smallest absolute Gasteiger partial charge is 0.410 e. The summed E-state index contributed by atoms with van der Waals surface area (Å²) in [6, 6.07) is 1.19. The minimum absolute atomic E-state index is 0.143. The van der Waals surface area contributed by atoms with E-state index in [0.29, 0.717) is 32.2 Å². The van der Waals surface area contributed by atoms with Crippen LogP contribution in [0.5, 0.6) is 0 Å². The van der Waals surface area contributed by atoms with Gasteiger partial charge in [0.1, 0.15) is 11.4 Å². The van der Waals surface area contributed by atoms with E-state index in [1.54, 1.807) is 30.6 Å². The van der Waals surface area contributed by atoms with Crippen LogP contribution in [0.1, 0.15) is 26.3 Å². The predicted molar refractivity (Wildman–Crippen MR) is 104 cm³/mol. The van der Waals surface area contributed by atoms with Crippen molar-refractivity contribution in [1.29, 1.82) is 0 Å². The van der Waals surface area contributed by atoms with E-state index in [1.165, 1.54) is 17.0 Å². The third kappa shape index (κ3) is 4.92. The van der Waals surface area contributed by atoms with Gasteiger partial charge in [-0.15, -0.1) is 0 Å². The summed E-state index contributed by atoms with van der Waals surface area (Å²) in [4.78, 5) is 32.4. The summed E-state index contributed by atoms with van der Waals surface area (Å²) in [5, 5.41) is 0. The highest BCUT2D eigenvalue weighted by atomic mass is 19.2. The Morgan fingerprint density at radius 1 is 1.07 bits per heavy atom. The van der Waals surface area contributed by atoms with Crippen LogP contribution in [-0.4, -0.2) is 52.3 Å². The molecule has 0 aliphatic carbocycles. The Labute approximate surface area is 171 Å². The number of ether oxygens (including phenoxy) is 1. The molecule has 2 aromatic rings. The van der Waals surface area contributed by atoms with Crippen molar-refractivity contribution >= 4 is 11.9 Å². The van der Waals surface area contributed by atoms with Crippen molar-refractivity contribution in [2.45, 2.75) is 32.9 Å². The van der Waals surface area contributed by atoms with Gasteiger partial charge in [0.2, 0.25) is 0 Å². The van der Waals surface area contributed by atoms with Gasteiger partial charge in [0.25, 0.3) is 5.56 Å². The van der Waals surface area contributed by atoms with Crippen molar-refractivity contribution in [1.82, 2.24) is 14.5 Å². The molecule has 1 aromatic carbocycles. The number of carbonyl (C=O) groups excluding carboxylic acids is 1. The number of benzene rings is 1. The quantitative estimate of drug-likeness (QED) is 0.709. The fourth-order valence-corrected chi connectivity index (χ4v) is 3.07. The van der Waals surface area contributed by atoms with E-state index in [4.69, 9.17) is 4.74 Å². The van der Waals surface area contributed by atoms with Crippen molar-refractivity contribution in [2.75, 3.05) is 31.1 Å². The highest BCUT2D eigenvalue weighted by Crippen LogP contribution is 2.16. The maximum atomic E-state index is 13.9. The molecular formula is C20H23F3N4O3. The molecule has 0 N–H and O–H groups in total. The Morgan fingerprint density at radius 2 is 1.70 bits per heavy atom. The minimum Gasteiger partial charge on any atom is -0.444 e. The summed E-state index contributed by atoms with van der Waals surface area (Å²) < 4.78 is 47.0. The van der Waals surface area contributed by atoms with Crippen LogP contribution in [0.2, 0.25) is 0 Å². The van der Waals surface area contributed by atoms with Crippen molar-refractivity contribution in [2.24, 2.45) is 0 Å². The number of hydrogen-bond donors (Lipinski definition) is 0. The molecule has 1 amide bonds. The van der Waals surface area contributed by atoms with E-state index in [0.717, 1.165) is 6.07 Å². The number of anilines is 1. The number of nitrogens with zero attached hydrogens (tertiary/aromatic N) is 4. The van der Waals surface area contributed by atoms with Crippen molar-refractivity contribution in [3.05, 3.63) is 57.9 Å². The Balaban J connectivity index is 1.73. The molecule has 1 aliphatic heterocycles. The molecule has 0 spiro atoms. The van der Waals surface area contributed by atoms with Gasteiger partial charge in [-0.2, -0.15) is 0 Å². The zero-order chi connectivity index (χ0) is 22.1. The standard InChI is InChI=1S/C20H23F3N4O3/c1-20(2,3)30-19(29)26-8-6-25(7-9-26)17-18(28)27(5-4-24-17)12-13-10-15(22)16(23)11-14(13)21/h4-5,10-11H,6-9,12H2,1-3H3. The summed E-state index contributed by atoms with van der Waals surface area (Å²) in [5.74, 6) is -3.27. The number of rotatable bonds is 3. The first-order valence-electron chi connectivity index (χ1n) is 9.47. The highest BCUT2D eigenvalue weighted by Gasteiger charge is 2.27. The first kappa shape index (κ1) is 21.7. The first-order valence-corrected chi connectivity index (χ1v) is 9.47. The summed E-state index contributed by atoms with van der Waals surface area (Å²) >= 11 is 0. The van der Waals surface area contributed by atoms with E-state index in [9.17, 15) is 22.8 Å². The lowest BCUT2D eigenvalue weighted by Crippen LogP contribution is -2.51. The van der Waals surface area contributed by atoms with Gasteiger partial charge in [0.05, 0.1) is 6.54 Å². The molecule has 0 saturated carbocycles. The molecule has 162 valence electrons. The van der Waals surface area contributed by atoms with Gasteiger partial charge < -0.3 is 19.1 Å². The van der Waals surface area contributed by atoms with Gasteiger partial charge in [-0.05, 0) is 26.8 Å². The number of piperazine rings is 1. The second-order valence-electron chi connectivity index (χ2n) is 8.00. The number of aromatic nitrogens is 2. The summed E-state index contributed by atoms with van der Waals surface area (Å²) in [5.41, 5.74) is -1.24. The molecule has 1 fully saturated rings. The first-order chi connectivity index (χ1) is 14.0. The summed E-state index contributed by atoms with van der Waals surface area (Å²) in [6.07, 6.45) is 2.31. The van der Waals surface area contributed by atoms with E-state index in [2.05, 4.69) is 4.98 Å². The van der Waals surface area contributed by atoms with E-state index in [-0.39, 0.29) is 17.9 Å². The average Bonchev–Trinajstić information content (AvgIpc) is 2.66. The fraction of sp³-hybridized carbons (Fsp3) is 0.450. The molecule has 1 aliphatic rings. The zero-order valence-electron chi connectivity index (χ0n) is 17.0. The molecule has 1 saturated heterocycles. The lowest BCUT2D eigenvalue weighted by molar-refractivity contribution is 0.0240. The van der Waals surface area contributed by atoms with Crippen LogP contribution in [0, 0.1) is 17.5 Å². The molecule has 7 nitrogen and oxygen atoms in total. The number of carbonyl (C=O) groups is 1. The fourth-order valence-electron chi connectivity index (χ4n) is 3.07. The molecule has 10 heteroatoms. The lowest BCUT2D eigenvalue weighted by atomic mass is 10.2. The van der Waals surface area contributed by atoms with Crippen LogP contribution in [0.25, 0.3) is 0 Å². The van der Waals surface area contributed by atoms with Gasteiger partial charge in [-0.1, -0.05) is 0 Å². The van der Waals surface area contributed by atoms with Gasteiger partial charge in [-0.3, -0.25) is 4.79 Å². The largest absolute Gasteiger partial charge is 0.444 e. The third-order valence-corrected chi connectivity index (χ3v) is 4.56. The highest BCUT2D eigenvalue weighted by molar-refractivity contribution is 5.68. The molecule has 0 bridgehead atoms. The molecule has 0 atom stereocenters. The molecule has 2 heterocycles. The van der Waals surface area contributed by atoms with Crippen LogP contribution < -0.4 is 10.5 Å². The van der Waals surface area contributed by atoms with Crippen LogP contribution in [0.4, 0.5) is 23.8 Å². The molecule has 0 unspecified atom stereocenters. The van der Waals surface area contributed by atoms with E-state index >= 15 is 0 Å².